The number of aryl methyl sites for hydroxylation is 1. The van der Waals surface area contributed by atoms with Crippen LogP contribution >= 0.6 is 23.2 Å². The van der Waals surface area contributed by atoms with Gasteiger partial charge in [-0.15, -0.1) is 0 Å². The molecule has 1 fully saturated rings. The third kappa shape index (κ3) is 3.89. The van der Waals surface area contributed by atoms with Crippen LogP contribution in [-0.2, 0) is 9.59 Å². The van der Waals surface area contributed by atoms with E-state index in [0.29, 0.717) is 27.8 Å². The molecule has 2 amide bonds. The van der Waals surface area contributed by atoms with Crippen LogP contribution in [0.5, 0.6) is 0 Å². The van der Waals surface area contributed by atoms with Crippen LogP contribution in [0.2, 0.25) is 10.0 Å². The highest BCUT2D eigenvalue weighted by Crippen LogP contribution is 2.40. The van der Waals surface area contributed by atoms with E-state index in [0.717, 1.165) is 5.56 Å². The fraction of sp³-hybridized carbons (Fsp3) is 0.222. The van der Waals surface area contributed by atoms with Crippen LogP contribution in [0.15, 0.2) is 42.5 Å². The van der Waals surface area contributed by atoms with E-state index >= 15 is 0 Å². The lowest BCUT2D eigenvalue weighted by atomic mass is 10.2. The van der Waals surface area contributed by atoms with Gasteiger partial charge in [0.15, 0.2) is 0 Å². The molecule has 2 aromatic carbocycles. The average molecular weight is 363 g/mol. The van der Waals surface area contributed by atoms with Crippen LogP contribution in [0.4, 0.5) is 11.4 Å². The molecule has 0 spiro atoms. The minimum Gasteiger partial charge on any atom is -0.326 e. The molecular weight excluding hydrogens is 347 g/mol. The number of halogens is 2. The van der Waals surface area contributed by atoms with E-state index in [2.05, 4.69) is 10.6 Å². The molecule has 124 valence electrons. The Hall–Kier alpha value is -2.04. The molecule has 2 atom stereocenters. The molecule has 0 radical (unpaired) electrons. The Morgan fingerprint density at radius 2 is 1.50 bits per heavy atom. The first-order valence-electron chi connectivity index (χ1n) is 7.57. The first kappa shape index (κ1) is 16.8. The maximum absolute atomic E-state index is 12.3. The summed E-state index contributed by atoms with van der Waals surface area (Å²) in [5.74, 6) is -0.886. The van der Waals surface area contributed by atoms with Gasteiger partial charge in [0.25, 0.3) is 0 Å². The zero-order valence-corrected chi connectivity index (χ0v) is 14.5. The summed E-state index contributed by atoms with van der Waals surface area (Å²) in [6.07, 6.45) is 0.553. The highest BCUT2D eigenvalue weighted by molar-refractivity contribution is 6.31. The van der Waals surface area contributed by atoms with Gasteiger partial charge in [0.2, 0.25) is 11.8 Å². The van der Waals surface area contributed by atoms with E-state index in [-0.39, 0.29) is 23.7 Å². The lowest BCUT2D eigenvalue weighted by Crippen LogP contribution is -2.20. The summed E-state index contributed by atoms with van der Waals surface area (Å²) in [5, 5.41) is 6.89. The lowest BCUT2D eigenvalue weighted by molar-refractivity contribution is -0.122. The molecule has 0 heterocycles. The predicted octanol–water partition coefficient (Wildman–Crippen LogP) is 4.52. The van der Waals surface area contributed by atoms with Crippen LogP contribution < -0.4 is 10.6 Å². The number of carbonyl (C=O) groups excluding carboxylic acids is 2. The van der Waals surface area contributed by atoms with Gasteiger partial charge in [-0.05, 0) is 61.4 Å². The predicted molar refractivity (Wildman–Crippen MR) is 96.5 cm³/mol. The quantitative estimate of drug-likeness (QED) is 0.839. The topological polar surface area (TPSA) is 58.2 Å². The van der Waals surface area contributed by atoms with E-state index < -0.39 is 0 Å². The van der Waals surface area contributed by atoms with E-state index in [9.17, 15) is 9.59 Å². The smallest absolute Gasteiger partial charge is 0.228 e. The van der Waals surface area contributed by atoms with Crippen molar-refractivity contribution in [1.82, 2.24) is 0 Å². The van der Waals surface area contributed by atoms with Gasteiger partial charge >= 0.3 is 0 Å². The van der Waals surface area contributed by atoms with Gasteiger partial charge in [-0.25, -0.2) is 0 Å². The number of carbonyl (C=O) groups is 2. The molecule has 1 saturated carbocycles. The third-order valence-corrected chi connectivity index (χ3v) is 4.51. The zero-order chi connectivity index (χ0) is 17.3. The Kier molecular flexibility index (Phi) is 4.78. The Morgan fingerprint density at radius 3 is 2.12 bits per heavy atom. The maximum atomic E-state index is 12.3. The van der Waals surface area contributed by atoms with Crippen molar-refractivity contribution in [1.29, 1.82) is 0 Å². The number of anilines is 2. The summed E-state index contributed by atoms with van der Waals surface area (Å²) in [5.41, 5.74) is 2.27. The third-order valence-electron chi connectivity index (χ3n) is 4.02. The van der Waals surface area contributed by atoms with Crippen LogP contribution in [0.3, 0.4) is 0 Å². The number of benzene rings is 2. The molecular formula is C18H16Cl2N2O2. The summed E-state index contributed by atoms with van der Waals surface area (Å²) in [7, 11) is 0. The molecule has 0 saturated heterocycles. The first-order valence-corrected chi connectivity index (χ1v) is 8.33. The van der Waals surface area contributed by atoms with Crippen molar-refractivity contribution in [2.75, 3.05) is 10.6 Å². The number of nitrogens with one attached hydrogen (secondary N) is 2. The summed E-state index contributed by atoms with van der Waals surface area (Å²) in [6.45, 7) is 1.87. The van der Waals surface area contributed by atoms with Crippen molar-refractivity contribution in [3.8, 4) is 0 Å². The van der Waals surface area contributed by atoms with Gasteiger partial charge < -0.3 is 10.6 Å². The standard InChI is InChI=1S/C18H16Cl2N2O2/c1-10-8-12(20)4-7-16(10)22-18(24)15-9-14(15)17(23)21-13-5-2-11(19)3-6-13/h2-8,14-15H,9H2,1H3,(H,21,23)(H,22,24). The minimum absolute atomic E-state index is 0.142. The summed E-state index contributed by atoms with van der Waals surface area (Å²) < 4.78 is 0. The van der Waals surface area contributed by atoms with Gasteiger partial charge in [0.1, 0.15) is 0 Å². The number of hydrogen-bond donors (Lipinski definition) is 2. The van der Waals surface area contributed by atoms with Crippen LogP contribution in [0.25, 0.3) is 0 Å². The van der Waals surface area contributed by atoms with Crippen molar-refractivity contribution in [2.24, 2.45) is 11.8 Å². The Bertz CT molecular complexity index is 790. The summed E-state index contributed by atoms with van der Waals surface area (Å²) >= 11 is 11.7. The second-order valence-electron chi connectivity index (χ2n) is 5.89. The molecule has 0 aliphatic heterocycles. The SMILES string of the molecule is Cc1cc(Cl)ccc1NC(=O)C1CC1C(=O)Nc1ccc(Cl)cc1. The monoisotopic (exact) mass is 362 g/mol. The summed E-state index contributed by atoms with van der Waals surface area (Å²) in [6, 6.07) is 12.1. The molecule has 2 N–H and O–H groups in total. The molecule has 4 nitrogen and oxygen atoms in total. The van der Waals surface area contributed by atoms with Crippen molar-refractivity contribution in [3.63, 3.8) is 0 Å². The van der Waals surface area contributed by atoms with E-state index in [1.807, 2.05) is 6.92 Å². The van der Waals surface area contributed by atoms with Crippen LogP contribution in [-0.4, -0.2) is 11.8 Å². The highest BCUT2D eigenvalue weighted by Gasteiger charge is 2.48. The number of amides is 2. The largest absolute Gasteiger partial charge is 0.326 e. The van der Waals surface area contributed by atoms with Crippen molar-refractivity contribution < 1.29 is 9.59 Å². The van der Waals surface area contributed by atoms with E-state index in [1.54, 1.807) is 42.5 Å². The Balaban J connectivity index is 1.57. The second-order valence-corrected chi connectivity index (χ2v) is 6.77. The van der Waals surface area contributed by atoms with Crippen LogP contribution in [0.1, 0.15) is 12.0 Å². The van der Waals surface area contributed by atoms with Gasteiger partial charge in [0.05, 0.1) is 11.8 Å². The normalized spacial score (nSPS) is 18.8. The molecule has 0 aromatic heterocycles. The first-order chi connectivity index (χ1) is 11.4. The fourth-order valence-corrected chi connectivity index (χ4v) is 2.89. The summed E-state index contributed by atoms with van der Waals surface area (Å²) in [4.78, 5) is 24.5. The maximum Gasteiger partial charge on any atom is 0.228 e. The average Bonchev–Trinajstić information content (AvgIpc) is 3.33. The van der Waals surface area contributed by atoms with E-state index in [4.69, 9.17) is 23.2 Å². The molecule has 1 aliphatic carbocycles. The molecule has 0 bridgehead atoms. The Labute approximate surface area is 150 Å². The van der Waals surface area contributed by atoms with Gasteiger partial charge in [-0.3, -0.25) is 9.59 Å². The highest BCUT2D eigenvalue weighted by atomic mass is 35.5. The minimum atomic E-state index is -0.299. The zero-order valence-electron chi connectivity index (χ0n) is 13.0. The van der Waals surface area contributed by atoms with Gasteiger partial charge in [0, 0.05) is 21.4 Å². The van der Waals surface area contributed by atoms with E-state index in [1.165, 1.54) is 0 Å². The van der Waals surface area contributed by atoms with Gasteiger partial charge in [-0.2, -0.15) is 0 Å². The van der Waals surface area contributed by atoms with Crippen molar-refractivity contribution in [2.45, 2.75) is 13.3 Å². The van der Waals surface area contributed by atoms with Crippen LogP contribution in [0, 0.1) is 18.8 Å². The van der Waals surface area contributed by atoms with Gasteiger partial charge in [-0.1, -0.05) is 23.2 Å². The second kappa shape index (κ2) is 6.83. The fourth-order valence-electron chi connectivity index (χ4n) is 2.54. The number of hydrogen-bond acceptors (Lipinski definition) is 2. The molecule has 2 aromatic rings. The molecule has 6 heteroatoms. The lowest BCUT2D eigenvalue weighted by Gasteiger charge is -2.09. The molecule has 3 rings (SSSR count). The number of rotatable bonds is 4. The molecule has 1 aliphatic rings. The molecule has 24 heavy (non-hydrogen) atoms. The van der Waals surface area contributed by atoms with Crippen molar-refractivity contribution >= 4 is 46.4 Å². The molecule has 2 unspecified atom stereocenters. The van der Waals surface area contributed by atoms with Crippen molar-refractivity contribution in [3.05, 3.63) is 58.1 Å². The Morgan fingerprint density at radius 1 is 0.917 bits per heavy atom.